The maximum atomic E-state index is 11.0. The SMILES string of the molecule is CCCC1(CNC(=O)CC(=O)O)CC1. The van der Waals surface area contributed by atoms with Gasteiger partial charge in [-0.3, -0.25) is 9.59 Å². The van der Waals surface area contributed by atoms with Gasteiger partial charge in [-0.1, -0.05) is 13.3 Å². The summed E-state index contributed by atoms with van der Waals surface area (Å²) in [6, 6.07) is 0. The van der Waals surface area contributed by atoms with Gasteiger partial charge in [0.25, 0.3) is 0 Å². The Morgan fingerprint density at radius 1 is 1.43 bits per heavy atom. The topological polar surface area (TPSA) is 66.4 Å². The molecule has 2 N–H and O–H groups in total. The van der Waals surface area contributed by atoms with E-state index < -0.39 is 12.4 Å². The minimum atomic E-state index is -1.07. The fourth-order valence-corrected chi connectivity index (χ4v) is 1.71. The quantitative estimate of drug-likeness (QED) is 0.631. The third kappa shape index (κ3) is 3.36. The smallest absolute Gasteiger partial charge is 0.312 e. The van der Waals surface area contributed by atoms with Crippen LogP contribution in [-0.4, -0.2) is 23.5 Å². The lowest BCUT2D eigenvalue weighted by molar-refractivity contribution is -0.140. The lowest BCUT2D eigenvalue weighted by Crippen LogP contribution is -2.31. The van der Waals surface area contributed by atoms with Gasteiger partial charge in [0.05, 0.1) is 0 Å². The molecule has 0 aromatic heterocycles. The van der Waals surface area contributed by atoms with Crippen molar-refractivity contribution in [2.75, 3.05) is 6.54 Å². The van der Waals surface area contributed by atoms with Gasteiger partial charge in [0.1, 0.15) is 6.42 Å². The Morgan fingerprint density at radius 2 is 2.07 bits per heavy atom. The monoisotopic (exact) mass is 199 g/mol. The maximum Gasteiger partial charge on any atom is 0.312 e. The van der Waals surface area contributed by atoms with Gasteiger partial charge in [-0.05, 0) is 24.7 Å². The molecule has 4 nitrogen and oxygen atoms in total. The number of rotatable bonds is 6. The number of carboxylic acids is 1. The van der Waals surface area contributed by atoms with Crippen LogP contribution in [0, 0.1) is 5.41 Å². The summed E-state index contributed by atoms with van der Waals surface area (Å²) in [6.07, 6.45) is 4.15. The van der Waals surface area contributed by atoms with Crippen LogP contribution in [0.25, 0.3) is 0 Å². The molecular weight excluding hydrogens is 182 g/mol. The Hall–Kier alpha value is -1.06. The standard InChI is InChI=1S/C10H17NO3/c1-2-3-10(4-5-10)7-11-8(12)6-9(13)14/h2-7H2,1H3,(H,11,12)(H,13,14). The zero-order valence-electron chi connectivity index (χ0n) is 8.51. The number of nitrogens with one attached hydrogen (secondary N) is 1. The second-order valence-corrected chi connectivity index (χ2v) is 4.10. The van der Waals surface area contributed by atoms with Crippen molar-refractivity contribution in [3.63, 3.8) is 0 Å². The van der Waals surface area contributed by atoms with Crippen molar-refractivity contribution < 1.29 is 14.7 Å². The number of hydrogen-bond donors (Lipinski definition) is 2. The normalized spacial score (nSPS) is 17.5. The first kappa shape index (κ1) is 11.0. The predicted octanol–water partition coefficient (Wildman–Crippen LogP) is 1.16. The first-order valence-corrected chi connectivity index (χ1v) is 5.06. The second kappa shape index (κ2) is 4.44. The number of amides is 1. The minimum Gasteiger partial charge on any atom is -0.481 e. The molecule has 1 aliphatic carbocycles. The van der Waals surface area contributed by atoms with Crippen molar-refractivity contribution >= 4 is 11.9 Å². The molecule has 1 fully saturated rings. The van der Waals surface area contributed by atoms with Crippen molar-refractivity contribution in [3.8, 4) is 0 Å². The first-order valence-electron chi connectivity index (χ1n) is 5.06. The van der Waals surface area contributed by atoms with Gasteiger partial charge in [-0.15, -0.1) is 0 Å². The summed E-state index contributed by atoms with van der Waals surface area (Å²) >= 11 is 0. The summed E-state index contributed by atoms with van der Waals surface area (Å²) < 4.78 is 0. The molecule has 0 aromatic carbocycles. The molecule has 14 heavy (non-hydrogen) atoms. The Balaban J connectivity index is 2.20. The summed E-state index contributed by atoms with van der Waals surface area (Å²) in [7, 11) is 0. The van der Waals surface area contributed by atoms with Crippen molar-refractivity contribution in [3.05, 3.63) is 0 Å². The molecule has 1 saturated carbocycles. The van der Waals surface area contributed by atoms with Crippen LogP contribution in [0.4, 0.5) is 0 Å². The molecule has 4 heteroatoms. The van der Waals surface area contributed by atoms with Gasteiger partial charge >= 0.3 is 5.97 Å². The van der Waals surface area contributed by atoms with Crippen LogP contribution in [0.5, 0.6) is 0 Å². The number of aliphatic carboxylic acids is 1. The average Bonchev–Trinajstić information content (AvgIpc) is 2.82. The van der Waals surface area contributed by atoms with E-state index in [1.807, 2.05) is 0 Å². The Labute approximate surface area is 83.7 Å². The summed E-state index contributed by atoms with van der Waals surface area (Å²) in [5.41, 5.74) is 0.295. The van der Waals surface area contributed by atoms with Gasteiger partial charge in [0, 0.05) is 6.54 Å². The van der Waals surface area contributed by atoms with Crippen LogP contribution < -0.4 is 5.32 Å². The van der Waals surface area contributed by atoms with Gasteiger partial charge in [-0.25, -0.2) is 0 Å². The molecule has 0 bridgehead atoms. The Morgan fingerprint density at radius 3 is 2.50 bits per heavy atom. The molecule has 80 valence electrons. The van der Waals surface area contributed by atoms with E-state index in [-0.39, 0.29) is 5.91 Å². The van der Waals surface area contributed by atoms with Crippen LogP contribution in [0.1, 0.15) is 39.0 Å². The van der Waals surface area contributed by atoms with Crippen LogP contribution >= 0.6 is 0 Å². The lowest BCUT2D eigenvalue weighted by atomic mass is 10.0. The molecule has 0 aromatic rings. The number of carbonyl (C=O) groups is 2. The van der Waals surface area contributed by atoms with Crippen molar-refractivity contribution in [1.82, 2.24) is 5.32 Å². The molecule has 0 aliphatic heterocycles. The zero-order valence-corrected chi connectivity index (χ0v) is 8.51. The van der Waals surface area contributed by atoms with E-state index in [4.69, 9.17) is 5.11 Å². The predicted molar refractivity (Wildman–Crippen MR) is 51.8 cm³/mol. The molecule has 0 heterocycles. The molecule has 0 unspecified atom stereocenters. The lowest BCUT2D eigenvalue weighted by Gasteiger charge is -2.14. The first-order chi connectivity index (χ1) is 6.58. The zero-order chi connectivity index (χ0) is 10.6. The van der Waals surface area contributed by atoms with Crippen LogP contribution in [-0.2, 0) is 9.59 Å². The number of carbonyl (C=O) groups excluding carboxylic acids is 1. The average molecular weight is 199 g/mol. The third-order valence-electron chi connectivity index (χ3n) is 2.71. The van der Waals surface area contributed by atoms with Crippen LogP contribution in [0.2, 0.25) is 0 Å². The molecular formula is C10H17NO3. The highest BCUT2D eigenvalue weighted by Gasteiger charge is 2.41. The summed E-state index contributed by atoms with van der Waals surface area (Å²) in [6.45, 7) is 2.77. The van der Waals surface area contributed by atoms with E-state index in [0.717, 1.165) is 25.7 Å². The third-order valence-corrected chi connectivity index (χ3v) is 2.71. The second-order valence-electron chi connectivity index (χ2n) is 4.10. The van der Waals surface area contributed by atoms with E-state index in [0.29, 0.717) is 12.0 Å². The Kier molecular flexibility index (Phi) is 3.49. The minimum absolute atomic E-state index is 0.295. The fraction of sp³-hybridized carbons (Fsp3) is 0.800. The van der Waals surface area contributed by atoms with Crippen LogP contribution in [0.15, 0.2) is 0 Å². The van der Waals surface area contributed by atoms with Gasteiger partial charge < -0.3 is 10.4 Å². The molecule has 0 saturated heterocycles. The molecule has 0 atom stereocenters. The molecule has 1 amide bonds. The van der Waals surface area contributed by atoms with Gasteiger partial charge in [0.15, 0.2) is 0 Å². The summed E-state index contributed by atoms with van der Waals surface area (Å²) in [5, 5.41) is 11.1. The van der Waals surface area contributed by atoms with Crippen LogP contribution in [0.3, 0.4) is 0 Å². The van der Waals surface area contributed by atoms with Gasteiger partial charge in [0.2, 0.25) is 5.91 Å². The van der Waals surface area contributed by atoms with E-state index >= 15 is 0 Å². The van der Waals surface area contributed by atoms with E-state index in [1.54, 1.807) is 0 Å². The fourth-order valence-electron chi connectivity index (χ4n) is 1.71. The van der Waals surface area contributed by atoms with E-state index in [9.17, 15) is 9.59 Å². The summed E-state index contributed by atoms with van der Waals surface area (Å²) in [4.78, 5) is 21.3. The molecule has 1 rings (SSSR count). The highest BCUT2D eigenvalue weighted by atomic mass is 16.4. The van der Waals surface area contributed by atoms with Crippen molar-refractivity contribution in [2.45, 2.75) is 39.0 Å². The number of hydrogen-bond acceptors (Lipinski definition) is 2. The number of carboxylic acid groups (broad SMARTS) is 1. The van der Waals surface area contributed by atoms with Crippen molar-refractivity contribution in [2.24, 2.45) is 5.41 Å². The summed E-state index contributed by atoms with van der Waals surface area (Å²) in [5.74, 6) is -1.44. The maximum absolute atomic E-state index is 11.0. The van der Waals surface area contributed by atoms with Crippen molar-refractivity contribution in [1.29, 1.82) is 0 Å². The van der Waals surface area contributed by atoms with E-state index in [2.05, 4.69) is 12.2 Å². The van der Waals surface area contributed by atoms with Gasteiger partial charge in [-0.2, -0.15) is 0 Å². The highest BCUT2D eigenvalue weighted by Crippen LogP contribution is 2.48. The molecule has 0 spiro atoms. The van der Waals surface area contributed by atoms with E-state index in [1.165, 1.54) is 0 Å². The highest BCUT2D eigenvalue weighted by molar-refractivity contribution is 5.93. The Bertz CT molecular complexity index is 234. The molecule has 1 aliphatic rings. The molecule has 0 radical (unpaired) electrons. The largest absolute Gasteiger partial charge is 0.481 e.